The highest BCUT2D eigenvalue weighted by atomic mass is 16.3. The van der Waals surface area contributed by atoms with E-state index in [0.29, 0.717) is 12.8 Å². The standard InChI is InChI=1S/C40H72O2/c1-3-5-7-9-11-13-15-17-19-21-23-25-27-29-31-33-35-37-39(41)40(42)38-36-34-32-30-28-26-24-22-20-18-16-14-12-10-8-6-4-2/h11-14,17-20,39,41H,3-10,15-16,21-38H2,1-2H3/b13-11-,14-12-,19-17-,20-18-. The molecule has 0 amide bonds. The number of unbranched alkanes of at least 4 members (excludes halogenated alkanes) is 20. The van der Waals surface area contributed by atoms with Crippen LogP contribution in [0.3, 0.4) is 0 Å². The number of ketones is 1. The van der Waals surface area contributed by atoms with Gasteiger partial charge in [0.05, 0.1) is 0 Å². The first-order valence-electron chi connectivity index (χ1n) is 18.5. The fourth-order valence-electron chi connectivity index (χ4n) is 5.29. The molecule has 0 saturated heterocycles. The van der Waals surface area contributed by atoms with Gasteiger partial charge in [0.2, 0.25) is 0 Å². The Morgan fingerprint density at radius 2 is 0.786 bits per heavy atom. The number of carbonyl (C=O) groups is 1. The van der Waals surface area contributed by atoms with E-state index in [2.05, 4.69) is 62.5 Å². The quantitative estimate of drug-likeness (QED) is 0.0615. The molecule has 244 valence electrons. The Morgan fingerprint density at radius 1 is 0.452 bits per heavy atom. The fraction of sp³-hybridized carbons (Fsp3) is 0.775. The zero-order valence-electron chi connectivity index (χ0n) is 28.4. The van der Waals surface area contributed by atoms with Gasteiger partial charge in [-0.15, -0.1) is 0 Å². The molecule has 2 nitrogen and oxygen atoms in total. The van der Waals surface area contributed by atoms with E-state index < -0.39 is 6.10 Å². The van der Waals surface area contributed by atoms with Crippen LogP contribution < -0.4 is 0 Å². The third-order valence-electron chi connectivity index (χ3n) is 8.17. The lowest BCUT2D eigenvalue weighted by Crippen LogP contribution is -2.19. The Kier molecular flexibility index (Phi) is 34.6. The molecule has 0 aliphatic rings. The summed E-state index contributed by atoms with van der Waals surface area (Å²) in [6, 6.07) is 0. The summed E-state index contributed by atoms with van der Waals surface area (Å²) in [5, 5.41) is 10.2. The predicted molar refractivity (Wildman–Crippen MR) is 188 cm³/mol. The summed E-state index contributed by atoms with van der Waals surface area (Å²) in [5.41, 5.74) is 0. The van der Waals surface area contributed by atoms with Crippen molar-refractivity contribution < 1.29 is 9.90 Å². The Bertz CT molecular complexity index is 657. The molecule has 0 fully saturated rings. The second-order valence-corrected chi connectivity index (χ2v) is 12.4. The second kappa shape index (κ2) is 35.8. The van der Waals surface area contributed by atoms with Crippen molar-refractivity contribution >= 4 is 5.78 Å². The van der Waals surface area contributed by atoms with Crippen molar-refractivity contribution in [1.82, 2.24) is 0 Å². The number of hydrogen-bond donors (Lipinski definition) is 1. The summed E-state index contributed by atoms with van der Waals surface area (Å²) in [4.78, 5) is 12.2. The molecule has 1 unspecified atom stereocenters. The van der Waals surface area contributed by atoms with Gasteiger partial charge in [-0.25, -0.2) is 0 Å². The van der Waals surface area contributed by atoms with E-state index in [1.54, 1.807) is 0 Å². The lowest BCUT2D eigenvalue weighted by Gasteiger charge is -2.09. The molecule has 0 aliphatic heterocycles. The van der Waals surface area contributed by atoms with Gasteiger partial charge < -0.3 is 5.11 Å². The van der Waals surface area contributed by atoms with Crippen molar-refractivity contribution in [3.8, 4) is 0 Å². The first-order valence-corrected chi connectivity index (χ1v) is 18.5. The molecule has 42 heavy (non-hydrogen) atoms. The van der Waals surface area contributed by atoms with Gasteiger partial charge in [0.15, 0.2) is 5.78 Å². The van der Waals surface area contributed by atoms with E-state index in [1.165, 1.54) is 128 Å². The van der Waals surface area contributed by atoms with E-state index in [9.17, 15) is 9.90 Å². The number of carbonyl (C=O) groups excluding carboxylic acids is 1. The second-order valence-electron chi connectivity index (χ2n) is 12.4. The molecule has 0 radical (unpaired) electrons. The average Bonchev–Trinajstić information content (AvgIpc) is 3.00. The third kappa shape index (κ3) is 33.1. The normalized spacial score (nSPS) is 13.0. The van der Waals surface area contributed by atoms with Crippen molar-refractivity contribution in [3.63, 3.8) is 0 Å². The molecule has 0 aromatic heterocycles. The minimum atomic E-state index is -0.729. The average molecular weight is 585 g/mol. The number of Topliss-reactive ketones (excluding diaryl/α,β-unsaturated/α-hetero) is 1. The van der Waals surface area contributed by atoms with Crippen LogP contribution in [0.4, 0.5) is 0 Å². The highest BCUT2D eigenvalue weighted by molar-refractivity contribution is 5.82. The van der Waals surface area contributed by atoms with Gasteiger partial charge >= 0.3 is 0 Å². The molecular formula is C40H72O2. The number of allylic oxidation sites excluding steroid dienone is 8. The molecule has 0 aliphatic carbocycles. The van der Waals surface area contributed by atoms with Crippen LogP contribution in [0.5, 0.6) is 0 Å². The Labute approximate surface area is 263 Å². The maximum absolute atomic E-state index is 12.2. The molecule has 1 atom stereocenters. The highest BCUT2D eigenvalue weighted by Gasteiger charge is 2.13. The van der Waals surface area contributed by atoms with Crippen LogP contribution in [0.15, 0.2) is 48.6 Å². The number of hydrogen-bond acceptors (Lipinski definition) is 2. The topological polar surface area (TPSA) is 37.3 Å². The smallest absolute Gasteiger partial charge is 0.161 e. The zero-order valence-corrected chi connectivity index (χ0v) is 28.4. The van der Waals surface area contributed by atoms with Crippen LogP contribution >= 0.6 is 0 Å². The first kappa shape index (κ1) is 40.6. The Hall–Kier alpha value is -1.41. The van der Waals surface area contributed by atoms with Crippen LogP contribution in [0.2, 0.25) is 0 Å². The van der Waals surface area contributed by atoms with Crippen molar-refractivity contribution in [2.45, 2.75) is 200 Å². The van der Waals surface area contributed by atoms with E-state index >= 15 is 0 Å². The summed E-state index contributed by atoms with van der Waals surface area (Å²) in [6.07, 6.45) is 51.0. The third-order valence-corrected chi connectivity index (χ3v) is 8.17. The van der Waals surface area contributed by atoms with E-state index in [4.69, 9.17) is 0 Å². The van der Waals surface area contributed by atoms with E-state index in [-0.39, 0.29) is 5.78 Å². The monoisotopic (exact) mass is 585 g/mol. The van der Waals surface area contributed by atoms with Gasteiger partial charge in [0.25, 0.3) is 0 Å². The number of aliphatic hydroxyl groups is 1. The maximum atomic E-state index is 12.2. The molecule has 0 aromatic rings. The number of aliphatic hydroxyl groups excluding tert-OH is 1. The lowest BCUT2D eigenvalue weighted by atomic mass is 10.0. The molecule has 2 heteroatoms. The summed E-state index contributed by atoms with van der Waals surface area (Å²) in [7, 11) is 0. The largest absolute Gasteiger partial charge is 0.385 e. The molecule has 1 N–H and O–H groups in total. The van der Waals surface area contributed by atoms with Crippen molar-refractivity contribution in [2.24, 2.45) is 0 Å². The Morgan fingerprint density at radius 3 is 1.19 bits per heavy atom. The highest BCUT2D eigenvalue weighted by Crippen LogP contribution is 2.14. The minimum Gasteiger partial charge on any atom is -0.385 e. The lowest BCUT2D eigenvalue weighted by molar-refractivity contribution is -0.127. The Balaban J connectivity index is 3.40. The SMILES string of the molecule is CCCCC/C=C\C/C=C\CCCCCCCCCC(=O)C(O)CCCCCCCCC/C=C\C/C=C\CCCCC. The molecule has 0 aromatic carbocycles. The molecule has 0 saturated carbocycles. The van der Waals surface area contributed by atoms with Gasteiger partial charge in [-0.1, -0.05) is 159 Å². The van der Waals surface area contributed by atoms with Crippen LogP contribution in [-0.4, -0.2) is 17.0 Å². The number of rotatable bonds is 33. The van der Waals surface area contributed by atoms with E-state index in [0.717, 1.165) is 38.5 Å². The van der Waals surface area contributed by atoms with Gasteiger partial charge in [0, 0.05) is 6.42 Å². The van der Waals surface area contributed by atoms with Crippen LogP contribution in [0, 0.1) is 0 Å². The molecule has 0 bridgehead atoms. The van der Waals surface area contributed by atoms with Crippen molar-refractivity contribution in [3.05, 3.63) is 48.6 Å². The van der Waals surface area contributed by atoms with Crippen molar-refractivity contribution in [2.75, 3.05) is 0 Å². The predicted octanol–water partition coefficient (Wildman–Crippen LogP) is 13.1. The van der Waals surface area contributed by atoms with Crippen LogP contribution in [-0.2, 0) is 4.79 Å². The van der Waals surface area contributed by atoms with Crippen LogP contribution in [0.25, 0.3) is 0 Å². The minimum absolute atomic E-state index is 0.0672. The molecule has 0 spiro atoms. The van der Waals surface area contributed by atoms with Gasteiger partial charge in [-0.3, -0.25) is 4.79 Å². The molecule has 0 heterocycles. The van der Waals surface area contributed by atoms with Gasteiger partial charge in [-0.05, 0) is 77.0 Å². The fourth-order valence-corrected chi connectivity index (χ4v) is 5.29. The molecular weight excluding hydrogens is 512 g/mol. The van der Waals surface area contributed by atoms with Crippen molar-refractivity contribution in [1.29, 1.82) is 0 Å². The van der Waals surface area contributed by atoms with Crippen LogP contribution in [0.1, 0.15) is 194 Å². The molecule has 0 rings (SSSR count). The van der Waals surface area contributed by atoms with Gasteiger partial charge in [-0.2, -0.15) is 0 Å². The van der Waals surface area contributed by atoms with E-state index in [1.807, 2.05) is 0 Å². The summed E-state index contributed by atoms with van der Waals surface area (Å²) < 4.78 is 0. The maximum Gasteiger partial charge on any atom is 0.161 e. The first-order chi connectivity index (χ1) is 20.7. The summed E-state index contributed by atoms with van der Waals surface area (Å²) in [5.74, 6) is 0.0672. The van der Waals surface area contributed by atoms with Gasteiger partial charge in [0.1, 0.15) is 6.10 Å². The zero-order chi connectivity index (χ0) is 30.6. The summed E-state index contributed by atoms with van der Waals surface area (Å²) >= 11 is 0. The summed E-state index contributed by atoms with van der Waals surface area (Å²) in [6.45, 7) is 4.51.